The highest BCUT2D eigenvalue weighted by Gasteiger charge is 2.28. The fourth-order valence-corrected chi connectivity index (χ4v) is 2.96. The number of hydrogen-bond acceptors (Lipinski definition) is 2. The molecule has 1 aromatic carbocycles. The molecule has 1 aliphatic rings. The molecule has 3 rings (SSSR count). The van der Waals surface area contributed by atoms with Gasteiger partial charge in [0.05, 0.1) is 24.4 Å². The van der Waals surface area contributed by atoms with Crippen LogP contribution in [-0.2, 0) is 14.1 Å². The first-order valence-corrected chi connectivity index (χ1v) is 7.21. The lowest BCUT2D eigenvalue weighted by Gasteiger charge is -2.24. The van der Waals surface area contributed by atoms with Crippen molar-refractivity contribution < 1.29 is 33.8 Å². The lowest BCUT2D eigenvalue weighted by atomic mass is 10.1. The van der Waals surface area contributed by atoms with Crippen molar-refractivity contribution in [3.8, 4) is 11.3 Å². The molecule has 2 heterocycles. The lowest BCUT2D eigenvalue weighted by Crippen LogP contribution is -3.00. The normalized spacial score (nSPS) is 18.4. The van der Waals surface area contributed by atoms with Crippen LogP contribution in [0.1, 0.15) is 12.8 Å². The lowest BCUT2D eigenvalue weighted by molar-refractivity contribution is -0.738. The van der Waals surface area contributed by atoms with Gasteiger partial charge >= 0.3 is 0 Å². The average Bonchev–Trinajstić information content (AvgIpc) is 2.76. The van der Waals surface area contributed by atoms with E-state index in [0.29, 0.717) is 0 Å². The number of benzene rings is 1. The van der Waals surface area contributed by atoms with Crippen LogP contribution in [0.15, 0.2) is 36.4 Å². The Morgan fingerprint density at radius 1 is 1.24 bits per heavy atom. The summed E-state index contributed by atoms with van der Waals surface area (Å²) in [5.41, 5.74) is 2.41. The molecule has 1 atom stereocenters. The minimum Gasteiger partial charge on any atom is -1.00 e. The van der Waals surface area contributed by atoms with Crippen LogP contribution < -0.4 is 33.6 Å². The topological polar surface area (TPSA) is 32.3 Å². The third-order valence-electron chi connectivity index (χ3n) is 4.19. The number of aliphatic hydroxyl groups is 1. The van der Waals surface area contributed by atoms with Gasteiger partial charge in [0.15, 0.2) is 0 Å². The van der Waals surface area contributed by atoms with E-state index >= 15 is 0 Å². The molecule has 0 saturated carbocycles. The summed E-state index contributed by atoms with van der Waals surface area (Å²) < 4.78 is 4.31. The van der Waals surface area contributed by atoms with Gasteiger partial charge in [0, 0.05) is 12.6 Å². The molecule has 1 aliphatic heterocycles. The molecular formula is C16H22IN3O. The maximum atomic E-state index is 9.87. The van der Waals surface area contributed by atoms with E-state index in [1.54, 1.807) is 0 Å². The number of aliphatic hydroxyl groups excluding tert-OH is 1. The second-order valence-electron chi connectivity index (χ2n) is 5.54. The summed E-state index contributed by atoms with van der Waals surface area (Å²) >= 11 is 0. The molecule has 114 valence electrons. The van der Waals surface area contributed by atoms with Crippen LogP contribution in [0.25, 0.3) is 11.3 Å². The van der Waals surface area contributed by atoms with E-state index in [0.717, 1.165) is 25.9 Å². The Bertz CT molecular complexity index is 597. The highest BCUT2D eigenvalue weighted by atomic mass is 127. The van der Waals surface area contributed by atoms with Crippen molar-refractivity contribution in [2.75, 3.05) is 18.0 Å². The van der Waals surface area contributed by atoms with E-state index in [-0.39, 0.29) is 30.1 Å². The van der Waals surface area contributed by atoms with Crippen LogP contribution in [0.4, 0.5) is 5.82 Å². The molecule has 4 nitrogen and oxygen atoms in total. The number of rotatable bonds is 2. The van der Waals surface area contributed by atoms with Crippen molar-refractivity contribution >= 4 is 5.82 Å². The van der Waals surface area contributed by atoms with Crippen LogP contribution in [0.2, 0.25) is 0 Å². The van der Waals surface area contributed by atoms with Gasteiger partial charge in [-0.3, -0.25) is 4.90 Å². The van der Waals surface area contributed by atoms with Gasteiger partial charge in [0.25, 0.3) is 5.82 Å². The first kappa shape index (κ1) is 16.3. The predicted octanol–water partition coefficient (Wildman–Crippen LogP) is -1.52. The summed E-state index contributed by atoms with van der Waals surface area (Å²) in [5.74, 6) is 1.17. The van der Waals surface area contributed by atoms with Crippen molar-refractivity contribution in [3.05, 3.63) is 36.4 Å². The molecule has 1 fully saturated rings. The molecule has 2 aromatic rings. The summed E-state index contributed by atoms with van der Waals surface area (Å²) in [5, 5.41) is 9.87. The van der Waals surface area contributed by atoms with Gasteiger partial charge in [-0.2, -0.15) is 4.68 Å². The fraction of sp³-hybridized carbons (Fsp3) is 0.438. The van der Waals surface area contributed by atoms with E-state index in [1.165, 1.54) is 17.1 Å². The van der Waals surface area contributed by atoms with Crippen LogP contribution in [0, 0.1) is 0 Å². The summed E-state index contributed by atoms with van der Waals surface area (Å²) in [6.45, 7) is 1.75. The van der Waals surface area contributed by atoms with E-state index < -0.39 is 0 Å². The Morgan fingerprint density at radius 2 is 1.95 bits per heavy atom. The summed E-state index contributed by atoms with van der Waals surface area (Å²) in [6.07, 6.45) is 1.76. The molecule has 0 radical (unpaired) electrons. The Hall–Kier alpha value is -1.08. The fourth-order valence-electron chi connectivity index (χ4n) is 2.96. The van der Waals surface area contributed by atoms with Crippen LogP contribution in [-0.4, -0.2) is 29.0 Å². The van der Waals surface area contributed by atoms with Gasteiger partial charge in [0.2, 0.25) is 0 Å². The number of aromatic nitrogens is 2. The maximum Gasteiger partial charge on any atom is 0.297 e. The second kappa shape index (κ2) is 6.79. The van der Waals surface area contributed by atoms with Gasteiger partial charge in [-0.05, 0) is 12.8 Å². The molecule has 21 heavy (non-hydrogen) atoms. The standard InChI is InChI=1S/C16H22N3O.HI/c1-17-15(13-7-4-3-5-8-13)11-16(18(17)2)19-10-6-9-14(20)12-19;/h3-5,7-8,11,14,20H,6,9-10,12H2,1-2H3;1H/q+1;/p-1. The molecule has 0 amide bonds. The minimum atomic E-state index is -0.205. The van der Waals surface area contributed by atoms with Crippen molar-refractivity contribution in [1.82, 2.24) is 4.68 Å². The molecule has 1 aromatic heterocycles. The van der Waals surface area contributed by atoms with Gasteiger partial charge in [-0.25, -0.2) is 4.68 Å². The molecular weight excluding hydrogens is 377 g/mol. The van der Waals surface area contributed by atoms with Gasteiger partial charge in [0.1, 0.15) is 13.6 Å². The van der Waals surface area contributed by atoms with Crippen molar-refractivity contribution in [3.63, 3.8) is 0 Å². The zero-order chi connectivity index (χ0) is 14.1. The number of halogens is 1. The number of nitrogens with zero attached hydrogens (tertiary/aromatic N) is 3. The monoisotopic (exact) mass is 399 g/mol. The zero-order valence-corrected chi connectivity index (χ0v) is 14.7. The van der Waals surface area contributed by atoms with Gasteiger partial charge in [-0.15, -0.1) is 0 Å². The second-order valence-corrected chi connectivity index (χ2v) is 5.54. The molecule has 1 N–H and O–H groups in total. The summed E-state index contributed by atoms with van der Waals surface area (Å²) in [7, 11) is 4.15. The molecule has 0 bridgehead atoms. The van der Waals surface area contributed by atoms with E-state index in [4.69, 9.17) is 0 Å². The Labute approximate surface area is 143 Å². The SMILES string of the molecule is Cn1c(-c2ccccc2)cc(N2CCCC(O)C2)[n+]1C.[I-]. The minimum absolute atomic E-state index is 0. The van der Waals surface area contributed by atoms with Crippen molar-refractivity contribution in [2.45, 2.75) is 18.9 Å². The van der Waals surface area contributed by atoms with Crippen LogP contribution in [0.5, 0.6) is 0 Å². The summed E-state index contributed by atoms with van der Waals surface area (Å²) in [4.78, 5) is 2.28. The summed E-state index contributed by atoms with van der Waals surface area (Å²) in [6, 6.07) is 12.6. The molecule has 1 unspecified atom stereocenters. The van der Waals surface area contributed by atoms with E-state index in [9.17, 15) is 5.11 Å². The number of piperidine rings is 1. The van der Waals surface area contributed by atoms with Gasteiger partial charge < -0.3 is 29.1 Å². The first-order chi connectivity index (χ1) is 9.66. The Morgan fingerprint density at radius 3 is 2.62 bits per heavy atom. The third kappa shape index (κ3) is 3.23. The van der Waals surface area contributed by atoms with Crippen LogP contribution >= 0.6 is 0 Å². The number of β-amino-alcohol motifs (C(OH)–C–C–N with tert-alkyl or cyclic N) is 1. The molecule has 1 saturated heterocycles. The van der Waals surface area contributed by atoms with Crippen molar-refractivity contribution in [2.24, 2.45) is 14.1 Å². The Kier molecular flexibility index (Phi) is 5.27. The van der Waals surface area contributed by atoms with E-state index in [1.807, 2.05) is 6.07 Å². The zero-order valence-electron chi connectivity index (χ0n) is 12.5. The van der Waals surface area contributed by atoms with E-state index in [2.05, 4.69) is 58.7 Å². The highest BCUT2D eigenvalue weighted by molar-refractivity contribution is 5.62. The molecule has 0 spiro atoms. The average molecular weight is 399 g/mol. The largest absolute Gasteiger partial charge is 1.00 e. The third-order valence-corrected chi connectivity index (χ3v) is 4.19. The molecule has 5 heteroatoms. The Balaban J connectivity index is 0.00000161. The maximum absolute atomic E-state index is 9.87. The van der Waals surface area contributed by atoms with Gasteiger partial charge in [-0.1, -0.05) is 30.3 Å². The van der Waals surface area contributed by atoms with Crippen molar-refractivity contribution in [1.29, 1.82) is 0 Å². The van der Waals surface area contributed by atoms with Crippen LogP contribution in [0.3, 0.4) is 0 Å². The quantitative estimate of drug-likeness (QED) is 0.492. The number of anilines is 1. The predicted molar refractivity (Wildman–Crippen MR) is 79.5 cm³/mol. The number of hydrogen-bond donors (Lipinski definition) is 1. The smallest absolute Gasteiger partial charge is 0.297 e. The molecule has 0 aliphatic carbocycles. The highest BCUT2D eigenvalue weighted by Crippen LogP contribution is 2.24. The first-order valence-electron chi connectivity index (χ1n) is 7.21.